The largest absolute Gasteiger partial charge is 0.490 e. The molecule has 3 nitrogen and oxygen atoms in total. The van der Waals surface area contributed by atoms with E-state index in [9.17, 15) is 0 Å². The highest BCUT2D eigenvalue weighted by molar-refractivity contribution is 5.95. The van der Waals surface area contributed by atoms with Gasteiger partial charge in [-0.05, 0) is 61.6 Å². The second-order valence-corrected chi connectivity index (χ2v) is 8.16. The predicted octanol–water partition coefficient (Wildman–Crippen LogP) is 5.36. The Morgan fingerprint density at radius 3 is 2.50 bits per heavy atom. The molecule has 0 spiro atoms. The molecule has 24 heavy (non-hydrogen) atoms. The highest BCUT2D eigenvalue weighted by Gasteiger charge is 2.30. The smallest absolute Gasteiger partial charge is 0.131 e. The van der Waals surface area contributed by atoms with Crippen molar-refractivity contribution < 1.29 is 4.74 Å². The summed E-state index contributed by atoms with van der Waals surface area (Å²) >= 11 is 0. The number of rotatable bonds is 3. The number of hydrogen-bond acceptors (Lipinski definition) is 3. The number of hydrogen-bond donors (Lipinski definition) is 1. The third-order valence-electron chi connectivity index (χ3n) is 5.43. The second-order valence-electron chi connectivity index (χ2n) is 8.16. The molecule has 1 aromatic heterocycles. The zero-order valence-electron chi connectivity index (χ0n) is 15.4. The Labute approximate surface area is 145 Å². The Morgan fingerprint density at radius 1 is 1.17 bits per heavy atom. The van der Waals surface area contributed by atoms with Gasteiger partial charge in [-0.15, -0.1) is 0 Å². The van der Waals surface area contributed by atoms with Gasteiger partial charge in [0.15, 0.2) is 0 Å². The van der Waals surface area contributed by atoms with Gasteiger partial charge in [-0.2, -0.15) is 0 Å². The average molecular weight is 326 g/mol. The Balaban J connectivity index is 1.79. The molecule has 1 aliphatic rings. The van der Waals surface area contributed by atoms with Crippen LogP contribution < -0.4 is 10.5 Å². The van der Waals surface area contributed by atoms with E-state index in [2.05, 4.69) is 27.7 Å². The summed E-state index contributed by atoms with van der Waals surface area (Å²) in [5.41, 5.74) is 9.44. The van der Waals surface area contributed by atoms with Crippen molar-refractivity contribution in [2.24, 2.45) is 11.3 Å². The minimum atomic E-state index is 0.291. The zero-order valence-corrected chi connectivity index (χ0v) is 15.4. The Kier molecular flexibility index (Phi) is 4.71. The molecule has 3 heteroatoms. The van der Waals surface area contributed by atoms with Crippen molar-refractivity contribution in [1.29, 1.82) is 0 Å². The van der Waals surface area contributed by atoms with Gasteiger partial charge in [0, 0.05) is 11.4 Å². The highest BCUT2D eigenvalue weighted by atomic mass is 16.5. The van der Waals surface area contributed by atoms with Crippen LogP contribution in [0.5, 0.6) is 5.75 Å². The van der Waals surface area contributed by atoms with E-state index < -0.39 is 0 Å². The van der Waals surface area contributed by atoms with E-state index in [1.165, 1.54) is 12.8 Å². The minimum Gasteiger partial charge on any atom is -0.490 e. The molecule has 130 valence electrons. The fourth-order valence-corrected chi connectivity index (χ4v) is 3.85. The van der Waals surface area contributed by atoms with Crippen LogP contribution in [0.4, 0.5) is 5.69 Å². The molecule has 0 saturated heterocycles. The number of nitrogens with two attached hydrogens (primary N) is 1. The molecule has 0 bridgehead atoms. The molecule has 1 aromatic carbocycles. The standard InChI is InChI=1S/C21H30N2O/c1-5-15-13-17(22)20-18(23-15)7-6-8-19(20)24-16-11-9-14(10-12-16)21(2,3)4/h6-8,13-14,16H,5,9-12H2,1-4H3,(H2,22,23)/t14-,16-. The SMILES string of the molecule is CCc1cc(N)c2c(O[C@H]3CC[C@H](C(C)(C)C)CC3)cccc2n1. The molecule has 0 atom stereocenters. The second kappa shape index (κ2) is 6.62. The van der Waals surface area contributed by atoms with Crippen LogP contribution in [0.3, 0.4) is 0 Å². The molecule has 0 amide bonds. The molecular formula is C21H30N2O. The summed E-state index contributed by atoms with van der Waals surface area (Å²) in [5, 5.41) is 0.965. The fraction of sp³-hybridized carbons (Fsp3) is 0.571. The number of nitrogens with zero attached hydrogens (tertiary/aromatic N) is 1. The van der Waals surface area contributed by atoms with Crippen LogP contribution in [0.2, 0.25) is 0 Å². The van der Waals surface area contributed by atoms with Gasteiger partial charge < -0.3 is 10.5 Å². The van der Waals surface area contributed by atoms with E-state index in [0.29, 0.717) is 11.5 Å². The summed E-state index contributed by atoms with van der Waals surface area (Å²) in [5.74, 6) is 1.68. The number of nitrogen functional groups attached to an aromatic ring is 1. The first-order valence-electron chi connectivity index (χ1n) is 9.23. The van der Waals surface area contributed by atoms with Crippen LogP contribution in [0, 0.1) is 11.3 Å². The topological polar surface area (TPSA) is 48.1 Å². The molecule has 0 unspecified atom stereocenters. The third-order valence-corrected chi connectivity index (χ3v) is 5.43. The number of pyridine rings is 1. The molecule has 2 aromatic rings. The van der Waals surface area contributed by atoms with Crippen molar-refractivity contribution in [3.05, 3.63) is 30.0 Å². The summed E-state index contributed by atoms with van der Waals surface area (Å²) < 4.78 is 6.36. The Morgan fingerprint density at radius 2 is 1.88 bits per heavy atom. The maximum absolute atomic E-state index is 6.36. The average Bonchev–Trinajstić information content (AvgIpc) is 2.54. The van der Waals surface area contributed by atoms with Gasteiger partial charge >= 0.3 is 0 Å². The Hall–Kier alpha value is -1.77. The highest BCUT2D eigenvalue weighted by Crippen LogP contribution is 2.40. The van der Waals surface area contributed by atoms with Gasteiger partial charge in [-0.25, -0.2) is 0 Å². The number of ether oxygens (including phenoxy) is 1. The first kappa shape index (κ1) is 17.1. The van der Waals surface area contributed by atoms with Crippen LogP contribution in [0.15, 0.2) is 24.3 Å². The number of anilines is 1. The van der Waals surface area contributed by atoms with E-state index in [4.69, 9.17) is 15.5 Å². The first-order valence-corrected chi connectivity index (χ1v) is 9.23. The van der Waals surface area contributed by atoms with E-state index >= 15 is 0 Å². The summed E-state index contributed by atoms with van der Waals surface area (Å²) in [6.45, 7) is 9.14. The molecule has 1 aliphatic carbocycles. The van der Waals surface area contributed by atoms with Crippen molar-refractivity contribution in [2.45, 2.75) is 65.9 Å². The van der Waals surface area contributed by atoms with Gasteiger partial charge in [0.1, 0.15) is 5.75 Å². The minimum absolute atomic E-state index is 0.291. The summed E-state index contributed by atoms with van der Waals surface area (Å²) in [7, 11) is 0. The van der Waals surface area contributed by atoms with Crippen LogP contribution >= 0.6 is 0 Å². The maximum atomic E-state index is 6.36. The van der Waals surface area contributed by atoms with E-state index in [1.807, 2.05) is 24.3 Å². The molecular weight excluding hydrogens is 296 g/mol. The van der Waals surface area contributed by atoms with Crippen molar-refractivity contribution in [1.82, 2.24) is 4.98 Å². The molecule has 1 fully saturated rings. The summed E-state index contributed by atoms with van der Waals surface area (Å²) in [6, 6.07) is 8.05. The molecule has 1 heterocycles. The van der Waals surface area contributed by atoms with Crippen LogP contribution in [-0.4, -0.2) is 11.1 Å². The molecule has 0 aliphatic heterocycles. The van der Waals surface area contributed by atoms with Crippen LogP contribution in [0.1, 0.15) is 59.1 Å². The van der Waals surface area contributed by atoms with Gasteiger partial charge in [-0.1, -0.05) is 33.8 Å². The number of aromatic nitrogens is 1. The summed E-state index contributed by atoms with van der Waals surface area (Å²) in [6.07, 6.45) is 5.91. The van der Waals surface area contributed by atoms with Gasteiger partial charge in [0.05, 0.1) is 17.0 Å². The van der Waals surface area contributed by atoms with Crippen molar-refractivity contribution in [3.8, 4) is 5.75 Å². The lowest BCUT2D eigenvalue weighted by molar-refractivity contribution is 0.0892. The third kappa shape index (κ3) is 3.50. The van der Waals surface area contributed by atoms with E-state index in [1.54, 1.807) is 0 Å². The molecule has 1 saturated carbocycles. The molecule has 3 rings (SSSR count). The molecule has 0 radical (unpaired) electrons. The normalized spacial score (nSPS) is 21.8. The monoisotopic (exact) mass is 326 g/mol. The lowest BCUT2D eigenvalue weighted by Crippen LogP contribution is -2.30. The maximum Gasteiger partial charge on any atom is 0.131 e. The Bertz CT molecular complexity index is 710. The van der Waals surface area contributed by atoms with E-state index in [-0.39, 0.29) is 0 Å². The fourth-order valence-electron chi connectivity index (χ4n) is 3.85. The lowest BCUT2D eigenvalue weighted by Gasteiger charge is -2.37. The lowest BCUT2D eigenvalue weighted by atomic mass is 9.72. The van der Waals surface area contributed by atoms with Gasteiger partial charge in [0.25, 0.3) is 0 Å². The number of aryl methyl sites for hydroxylation is 1. The van der Waals surface area contributed by atoms with E-state index in [0.717, 1.165) is 53.2 Å². The van der Waals surface area contributed by atoms with Crippen LogP contribution in [-0.2, 0) is 6.42 Å². The van der Waals surface area contributed by atoms with Crippen LogP contribution in [0.25, 0.3) is 10.9 Å². The van der Waals surface area contributed by atoms with Gasteiger partial charge in [0.2, 0.25) is 0 Å². The van der Waals surface area contributed by atoms with Crippen molar-refractivity contribution >= 4 is 16.6 Å². The number of fused-ring (bicyclic) bond motifs is 1. The zero-order chi connectivity index (χ0) is 17.3. The number of benzene rings is 1. The molecule has 2 N–H and O–H groups in total. The van der Waals surface area contributed by atoms with Crippen molar-refractivity contribution in [2.75, 3.05) is 5.73 Å². The first-order chi connectivity index (χ1) is 11.4. The van der Waals surface area contributed by atoms with Gasteiger partial charge in [-0.3, -0.25) is 4.98 Å². The van der Waals surface area contributed by atoms with Crippen molar-refractivity contribution in [3.63, 3.8) is 0 Å². The summed E-state index contributed by atoms with van der Waals surface area (Å²) in [4.78, 5) is 4.69. The predicted molar refractivity (Wildman–Crippen MR) is 101 cm³/mol. The quantitative estimate of drug-likeness (QED) is 0.825.